The lowest BCUT2D eigenvalue weighted by Gasteiger charge is -2.08. The van der Waals surface area contributed by atoms with E-state index in [0.29, 0.717) is 17.2 Å². The van der Waals surface area contributed by atoms with E-state index in [-0.39, 0.29) is 5.69 Å². The van der Waals surface area contributed by atoms with Gasteiger partial charge in [-0.05, 0) is 35.6 Å². The van der Waals surface area contributed by atoms with E-state index in [9.17, 15) is 10.1 Å². The standard InChI is InChI=1S/C12H11IN4O2/c1-7-10(13)12(14-2)16-11(15-7)8-5-3-4-6-9(8)17(18)19/h3-6H,1-2H3,(H,14,15,16). The van der Waals surface area contributed by atoms with Crippen molar-refractivity contribution in [3.05, 3.63) is 43.6 Å². The van der Waals surface area contributed by atoms with Crippen LogP contribution in [0.1, 0.15) is 5.69 Å². The molecule has 1 aromatic heterocycles. The summed E-state index contributed by atoms with van der Waals surface area (Å²) in [7, 11) is 1.76. The largest absolute Gasteiger partial charge is 0.372 e. The van der Waals surface area contributed by atoms with Gasteiger partial charge in [0.05, 0.1) is 19.8 Å². The average Bonchev–Trinajstić information content (AvgIpc) is 2.41. The summed E-state index contributed by atoms with van der Waals surface area (Å²) < 4.78 is 0.905. The number of rotatable bonds is 3. The van der Waals surface area contributed by atoms with Crippen LogP contribution >= 0.6 is 22.6 Å². The number of benzene rings is 1. The zero-order chi connectivity index (χ0) is 14.0. The lowest BCUT2D eigenvalue weighted by molar-refractivity contribution is -0.384. The number of nitrogens with zero attached hydrogens (tertiary/aromatic N) is 3. The fourth-order valence-electron chi connectivity index (χ4n) is 1.67. The van der Waals surface area contributed by atoms with Crippen LogP contribution in [0.3, 0.4) is 0 Å². The molecule has 0 aliphatic carbocycles. The Hall–Kier alpha value is -1.77. The summed E-state index contributed by atoms with van der Waals surface area (Å²) in [6.45, 7) is 1.85. The van der Waals surface area contributed by atoms with Crippen molar-refractivity contribution < 1.29 is 4.92 Å². The fourth-order valence-corrected chi connectivity index (χ4v) is 2.18. The Morgan fingerprint density at radius 3 is 2.63 bits per heavy atom. The first-order chi connectivity index (χ1) is 9.04. The van der Waals surface area contributed by atoms with Crippen LogP contribution in [0, 0.1) is 20.6 Å². The van der Waals surface area contributed by atoms with Gasteiger partial charge in [-0.15, -0.1) is 0 Å². The SMILES string of the molecule is CNc1nc(-c2ccccc2[N+](=O)[O-])nc(C)c1I. The number of anilines is 1. The van der Waals surface area contributed by atoms with Gasteiger partial charge in [-0.2, -0.15) is 0 Å². The zero-order valence-electron chi connectivity index (χ0n) is 10.3. The first-order valence-corrected chi connectivity index (χ1v) is 6.58. The minimum Gasteiger partial charge on any atom is -0.372 e. The molecule has 1 aromatic carbocycles. The van der Waals surface area contributed by atoms with E-state index in [1.54, 1.807) is 25.2 Å². The highest BCUT2D eigenvalue weighted by atomic mass is 127. The van der Waals surface area contributed by atoms with E-state index >= 15 is 0 Å². The van der Waals surface area contributed by atoms with Gasteiger partial charge >= 0.3 is 0 Å². The summed E-state index contributed by atoms with van der Waals surface area (Å²) >= 11 is 2.14. The normalized spacial score (nSPS) is 10.3. The summed E-state index contributed by atoms with van der Waals surface area (Å²) in [5.74, 6) is 1.02. The number of halogens is 1. The molecule has 1 heterocycles. The van der Waals surface area contributed by atoms with E-state index in [1.807, 2.05) is 6.92 Å². The molecular weight excluding hydrogens is 359 g/mol. The van der Waals surface area contributed by atoms with Crippen LogP contribution in [0.25, 0.3) is 11.4 Å². The number of hydrogen-bond donors (Lipinski definition) is 1. The second-order valence-electron chi connectivity index (χ2n) is 3.82. The molecule has 0 bridgehead atoms. The summed E-state index contributed by atoms with van der Waals surface area (Å²) in [5.41, 5.74) is 1.21. The van der Waals surface area contributed by atoms with Crippen LogP contribution in [-0.4, -0.2) is 21.9 Å². The third kappa shape index (κ3) is 2.65. The van der Waals surface area contributed by atoms with Gasteiger partial charge in [-0.1, -0.05) is 12.1 Å². The molecule has 0 aliphatic heterocycles. The van der Waals surface area contributed by atoms with Crippen molar-refractivity contribution in [3.63, 3.8) is 0 Å². The molecule has 98 valence electrons. The Bertz CT molecular complexity index is 646. The molecule has 0 unspecified atom stereocenters. The van der Waals surface area contributed by atoms with Gasteiger partial charge in [0, 0.05) is 13.1 Å². The Labute approximate surface area is 123 Å². The van der Waals surface area contributed by atoms with Crippen LogP contribution in [-0.2, 0) is 0 Å². The van der Waals surface area contributed by atoms with Crippen LogP contribution < -0.4 is 5.32 Å². The van der Waals surface area contributed by atoms with Crippen molar-refractivity contribution in [3.8, 4) is 11.4 Å². The number of aryl methyl sites for hydroxylation is 1. The highest BCUT2D eigenvalue weighted by Crippen LogP contribution is 2.29. The van der Waals surface area contributed by atoms with E-state index < -0.39 is 4.92 Å². The molecule has 0 atom stereocenters. The maximum atomic E-state index is 11.0. The molecule has 1 N–H and O–H groups in total. The van der Waals surface area contributed by atoms with Crippen LogP contribution in [0.2, 0.25) is 0 Å². The monoisotopic (exact) mass is 370 g/mol. The topological polar surface area (TPSA) is 81.0 Å². The van der Waals surface area contributed by atoms with E-state index in [0.717, 1.165) is 9.26 Å². The molecule has 0 aliphatic rings. The third-order valence-electron chi connectivity index (χ3n) is 2.60. The van der Waals surface area contributed by atoms with Crippen molar-refractivity contribution in [2.24, 2.45) is 0 Å². The summed E-state index contributed by atoms with van der Waals surface area (Å²) in [6, 6.07) is 6.46. The molecule has 0 saturated heterocycles. The Kier molecular flexibility index (Phi) is 3.93. The minimum atomic E-state index is -0.426. The molecule has 0 amide bonds. The van der Waals surface area contributed by atoms with E-state index in [2.05, 4.69) is 37.9 Å². The van der Waals surface area contributed by atoms with Crippen molar-refractivity contribution in [1.29, 1.82) is 0 Å². The van der Waals surface area contributed by atoms with Gasteiger partial charge in [0.2, 0.25) is 0 Å². The molecule has 0 fully saturated rings. The highest BCUT2D eigenvalue weighted by molar-refractivity contribution is 14.1. The smallest absolute Gasteiger partial charge is 0.280 e. The molecule has 0 saturated carbocycles. The van der Waals surface area contributed by atoms with Crippen molar-refractivity contribution in [1.82, 2.24) is 9.97 Å². The van der Waals surface area contributed by atoms with Crippen molar-refractivity contribution >= 4 is 34.1 Å². The summed E-state index contributed by atoms with van der Waals surface area (Å²) in [5, 5.41) is 14.0. The lowest BCUT2D eigenvalue weighted by atomic mass is 10.1. The lowest BCUT2D eigenvalue weighted by Crippen LogP contribution is -2.04. The summed E-state index contributed by atoms with van der Waals surface area (Å²) in [4.78, 5) is 19.3. The Morgan fingerprint density at radius 2 is 2.00 bits per heavy atom. The van der Waals surface area contributed by atoms with Gasteiger partial charge in [0.25, 0.3) is 5.69 Å². The second-order valence-corrected chi connectivity index (χ2v) is 4.90. The zero-order valence-corrected chi connectivity index (χ0v) is 12.5. The molecule has 19 heavy (non-hydrogen) atoms. The van der Waals surface area contributed by atoms with Gasteiger partial charge in [0.15, 0.2) is 5.82 Å². The van der Waals surface area contributed by atoms with E-state index in [1.165, 1.54) is 6.07 Å². The highest BCUT2D eigenvalue weighted by Gasteiger charge is 2.18. The molecular formula is C12H11IN4O2. The van der Waals surface area contributed by atoms with Crippen LogP contribution in [0.15, 0.2) is 24.3 Å². The number of para-hydroxylation sites is 1. The third-order valence-corrected chi connectivity index (χ3v) is 3.89. The number of hydrogen-bond acceptors (Lipinski definition) is 5. The van der Waals surface area contributed by atoms with Gasteiger partial charge < -0.3 is 5.32 Å². The number of aromatic nitrogens is 2. The Balaban J connectivity index is 2.66. The van der Waals surface area contributed by atoms with Gasteiger partial charge in [-0.3, -0.25) is 10.1 Å². The molecule has 6 nitrogen and oxygen atoms in total. The predicted octanol–water partition coefficient (Wildman–Crippen LogP) is 3.01. The van der Waals surface area contributed by atoms with Crippen LogP contribution in [0.4, 0.5) is 11.5 Å². The minimum absolute atomic E-state index is 0.00478. The predicted molar refractivity (Wildman–Crippen MR) is 81.1 cm³/mol. The van der Waals surface area contributed by atoms with E-state index in [4.69, 9.17) is 0 Å². The molecule has 2 rings (SSSR count). The van der Waals surface area contributed by atoms with Crippen LogP contribution in [0.5, 0.6) is 0 Å². The average molecular weight is 370 g/mol. The quantitative estimate of drug-likeness (QED) is 0.510. The van der Waals surface area contributed by atoms with Gasteiger partial charge in [-0.25, -0.2) is 9.97 Å². The maximum absolute atomic E-state index is 11.0. The molecule has 2 aromatic rings. The molecule has 0 spiro atoms. The number of nitro groups is 1. The van der Waals surface area contributed by atoms with Crippen molar-refractivity contribution in [2.75, 3.05) is 12.4 Å². The maximum Gasteiger partial charge on any atom is 0.280 e. The Morgan fingerprint density at radius 1 is 1.32 bits per heavy atom. The fraction of sp³-hybridized carbons (Fsp3) is 0.167. The number of nitrogens with one attached hydrogen (secondary N) is 1. The molecule has 7 heteroatoms. The second kappa shape index (κ2) is 5.47. The first kappa shape index (κ1) is 13.7. The first-order valence-electron chi connectivity index (χ1n) is 5.50. The number of nitro benzene ring substituents is 1. The van der Waals surface area contributed by atoms with Crippen molar-refractivity contribution in [2.45, 2.75) is 6.92 Å². The van der Waals surface area contributed by atoms with Gasteiger partial charge in [0.1, 0.15) is 5.82 Å². The molecule has 0 radical (unpaired) electrons. The summed E-state index contributed by atoms with van der Waals surface area (Å²) in [6.07, 6.45) is 0.